The van der Waals surface area contributed by atoms with Crippen molar-refractivity contribution in [1.82, 2.24) is 9.97 Å². The summed E-state index contributed by atoms with van der Waals surface area (Å²) in [5, 5.41) is 0. The van der Waals surface area contributed by atoms with E-state index in [2.05, 4.69) is 35.7 Å². The van der Waals surface area contributed by atoms with Crippen LogP contribution in [0.5, 0.6) is 5.88 Å². The van der Waals surface area contributed by atoms with Crippen LogP contribution in [0, 0.1) is 0 Å². The van der Waals surface area contributed by atoms with Crippen LogP contribution in [0.15, 0.2) is 17.4 Å². The van der Waals surface area contributed by atoms with Gasteiger partial charge in [0, 0.05) is 0 Å². The van der Waals surface area contributed by atoms with Crippen LogP contribution in [0.3, 0.4) is 0 Å². The second-order valence-electron chi connectivity index (χ2n) is 6.24. The van der Waals surface area contributed by atoms with E-state index < -0.39 is 18.8 Å². The van der Waals surface area contributed by atoms with E-state index in [0.29, 0.717) is 11.7 Å². The van der Waals surface area contributed by atoms with Crippen LogP contribution in [0.4, 0.5) is 5.82 Å². The fourth-order valence-corrected chi connectivity index (χ4v) is 15.3. The van der Waals surface area contributed by atoms with Crippen LogP contribution in [0.2, 0.25) is 13.3 Å². The average molecular weight is 442 g/mol. The summed E-state index contributed by atoms with van der Waals surface area (Å²) in [5.41, 5.74) is 0. The Morgan fingerprint density at radius 2 is 1.50 bits per heavy atom. The van der Waals surface area contributed by atoms with Gasteiger partial charge in [-0.1, -0.05) is 0 Å². The molecule has 0 saturated heterocycles. The molecule has 0 aliphatic rings. The molecule has 1 aromatic rings. The van der Waals surface area contributed by atoms with E-state index >= 15 is 0 Å². The zero-order chi connectivity index (χ0) is 17.7. The van der Waals surface area contributed by atoms with E-state index in [-0.39, 0.29) is 0 Å². The van der Waals surface area contributed by atoms with Gasteiger partial charge in [0.1, 0.15) is 0 Å². The molecule has 0 unspecified atom stereocenters. The first kappa shape index (κ1) is 21.2. The Kier molecular flexibility index (Phi) is 11.0. The van der Waals surface area contributed by atoms with Crippen molar-refractivity contribution in [2.45, 2.75) is 72.6 Å². The van der Waals surface area contributed by atoms with E-state index in [1.807, 2.05) is 0 Å². The number of ether oxygens (including phenoxy) is 1. The molecule has 6 heteroatoms. The van der Waals surface area contributed by atoms with Crippen LogP contribution in [0.25, 0.3) is 0 Å². The third kappa shape index (κ3) is 7.36. The first-order valence-corrected chi connectivity index (χ1v) is 16.5. The first-order valence-electron chi connectivity index (χ1n) is 9.26. The molecule has 0 saturated carbocycles. The van der Waals surface area contributed by atoms with Gasteiger partial charge in [0.25, 0.3) is 0 Å². The summed E-state index contributed by atoms with van der Waals surface area (Å²) >= 11 is -2.63. The molecular formula is C18H33N3O2Sn. The monoisotopic (exact) mass is 443 g/mol. The second kappa shape index (κ2) is 12.5. The molecule has 0 aromatic carbocycles. The number of aliphatic imine (C=N–C) groups is 1. The van der Waals surface area contributed by atoms with Gasteiger partial charge in [-0.25, -0.2) is 0 Å². The van der Waals surface area contributed by atoms with Gasteiger partial charge in [0.2, 0.25) is 0 Å². The number of unbranched alkanes of at least 4 members (excludes halogenated alkanes) is 3. The zero-order valence-corrected chi connectivity index (χ0v) is 18.6. The molecule has 1 aromatic heterocycles. The molecule has 0 spiro atoms. The number of aromatic nitrogens is 2. The SMILES string of the molecule is CCC[CH2][Sn]([CH2]CCC)([CH2]CCC)[O]C=Nc1nccnc1OC. The summed E-state index contributed by atoms with van der Waals surface area (Å²) in [6.07, 6.45) is 12.4. The summed E-state index contributed by atoms with van der Waals surface area (Å²) in [7, 11) is 1.58. The van der Waals surface area contributed by atoms with Gasteiger partial charge < -0.3 is 0 Å². The quantitative estimate of drug-likeness (QED) is 0.230. The summed E-state index contributed by atoms with van der Waals surface area (Å²) in [5.74, 6) is 0.926. The van der Waals surface area contributed by atoms with Crippen molar-refractivity contribution in [3.63, 3.8) is 0 Å². The van der Waals surface area contributed by atoms with Crippen molar-refractivity contribution in [2.75, 3.05) is 7.11 Å². The standard InChI is InChI=1S/C6H7N3O2.3C4H9.Sn/c1-11-6-5(9-4-10)7-2-3-8-6;3*1-3-4-2;/h2-4H,1H3,(H,7,9,10);3*1,3-4H2,2H3;/q;;;;+1/p-1. The third-order valence-corrected chi connectivity index (χ3v) is 16.8. The number of methoxy groups -OCH3 is 1. The van der Waals surface area contributed by atoms with Crippen molar-refractivity contribution < 1.29 is 7.81 Å². The first-order chi connectivity index (χ1) is 11.7. The van der Waals surface area contributed by atoms with Gasteiger partial charge >= 0.3 is 152 Å². The molecule has 0 aliphatic carbocycles. The summed E-state index contributed by atoms with van der Waals surface area (Å²) < 4.78 is 15.5. The molecule has 0 fully saturated rings. The third-order valence-electron chi connectivity index (χ3n) is 4.28. The Morgan fingerprint density at radius 3 is 2.00 bits per heavy atom. The predicted molar refractivity (Wildman–Crippen MR) is 103 cm³/mol. The number of rotatable bonds is 13. The Balaban J connectivity index is 2.85. The Morgan fingerprint density at radius 1 is 0.958 bits per heavy atom. The van der Waals surface area contributed by atoms with Crippen LogP contribution < -0.4 is 4.74 Å². The van der Waals surface area contributed by atoms with Gasteiger partial charge in [-0.05, 0) is 0 Å². The number of hydrogen-bond acceptors (Lipinski definition) is 5. The predicted octanol–water partition coefficient (Wildman–Crippen LogP) is 5.51. The van der Waals surface area contributed by atoms with Gasteiger partial charge in [-0.2, -0.15) is 0 Å². The molecule has 5 nitrogen and oxygen atoms in total. The van der Waals surface area contributed by atoms with Crippen LogP contribution in [-0.2, 0) is 3.07 Å². The summed E-state index contributed by atoms with van der Waals surface area (Å²) in [6, 6.07) is 0. The van der Waals surface area contributed by atoms with E-state index in [4.69, 9.17) is 7.81 Å². The van der Waals surface area contributed by atoms with Gasteiger partial charge in [0.15, 0.2) is 0 Å². The Hall–Kier alpha value is -0.851. The number of hydrogen-bond donors (Lipinski definition) is 0. The maximum absolute atomic E-state index is 6.43. The summed E-state index contributed by atoms with van der Waals surface area (Å²) in [4.78, 5) is 12.7. The molecule has 0 aliphatic heterocycles. The Labute approximate surface area is 151 Å². The zero-order valence-electron chi connectivity index (χ0n) is 15.8. The molecule has 0 radical (unpaired) electrons. The molecule has 1 rings (SSSR count). The van der Waals surface area contributed by atoms with Crippen LogP contribution >= 0.6 is 0 Å². The molecule has 0 amide bonds. The molecule has 1 heterocycles. The van der Waals surface area contributed by atoms with Crippen molar-refractivity contribution in [3.8, 4) is 5.88 Å². The van der Waals surface area contributed by atoms with E-state index in [1.165, 1.54) is 51.8 Å². The fourth-order valence-electron chi connectivity index (χ4n) is 2.79. The Bertz CT molecular complexity index is 461. The summed E-state index contributed by atoms with van der Waals surface area (Å²) in [6.45, 7) is 6.78. The van der Waals surface area contributed by atoms with E-state index in [9.17, 15) is 0 Å². The molecule has 136 valence electrons. The normalized spacial score (nSPS) is 11.8. The molecule has 0 N–H and O–H groups in total. The second-order valence-corrected chi connectivity index (χ2v) is 17.9. The minimum absolute atomic E-state index is 0.439. The average Bonchev–Trinajstić information content (AvgIpc) is 2.63. The van der Waals surface area contributed by atoms with Crippen molar-refractivity contribution in [3.05, 3.63) is 12.4 Å². The molecule has 24 heavy (non-hydrogen) atoms. The van der Waals surface area contributed by atoms with Crippen LogP contribution in [0.1, 0.15) is 59.3 Å². The van der Waals surface area contributed by atoms with Gasteiger partial charge in [0.05, 0.1) is 0 Å². The van der Waals surface area contributed by atoms with Crippen molar-refractivity contribution >= 4 is 31.0 Å². The van der Waals surface area contributed by atoms with Crippen LogP contribution in [-0.4, -0.2) is 42.3 Å². The van der Waals surface area contributed by atoms with Crippen molar-refractivity contribution in [2.24, 2.45) is 4.99 Å². The minimum atomic E-state index is -2.63. The number of nitrogens with zero attached hydrogens (tertiary/aromatic N) is 3. The van der Waals surface area contributed by atoms with Gasteiger partial charge in [-0.15, -0.1) is 0 Å². The maximum atomic E-state index is 6.43. The van der Waals surface area contributed by atoms with Crippen molar-refractivity contribution in [1.29, 1.82) is 0 Å². The topological polar surface area (TPSA) is 56.6 Å². The van der Waals surface area contributed by atoms with Gasteiger partial charge in [-0.3, -0.25) is 0 Å². The molecule has 0 atom stereocenters. The van der Waals surface area contributed by atoms with E-state index in [1.54, 1.807) is 25.9 Å². The fraction of sp³-hybridized carbons (Fsp3) is 0.722. The molecular weight excluding hydrogens is 409 g/mol. The van der Waals surface area contributed by atoms with E-state index in [0.717, 1.165) is 0 Å². The molecule has 0 bridgehead atoms.